The van der Waals surface area contributed by atoms with Crippen LogP contribution in [0.25, 0.3) is 11.4 Å². The van der Waals surface area contributed by atoms with E-state index < -0.39 is 11.6 Å². The number of rotatable bonds is 6. The number of pyridine rings is 1. The molecule has 37 heavy (non-hydrogen) atoms. The molecule has 1 unspecified atom stereocenters. The topological polar surface area (TPSA) is 101 Å². The maximum atomic E-state index is 15.1. The zero-order chi connectivity index (χ0) is 26.4. The number of anilines is 2. The molecule has 3 aromatic rings. The second-order valence-corrected chi connectivity index (χ2v) is 8.68. The first kappa shape index (κ1) is 26.1. The van der Waals surface area contributed by atoms with Crippen LogP contribution >= 0.6 is 0 Å². The Bertz CT molecular complexity index is 1190. The van der Waals surface area contributed by atoms with Crippen LogP contribution in [0.5, 0.6) is 0 Å². The molecular formula is C25H30F2N8O2. The van der Waals surface area contributed by atoms with E-state index in [9.17, 15) is 0 Å². The Morgan fingerprint density at radius 3 is 2.46 bits per heavy atom. The second-order valence-electron chi connectivity index (χ2n) is 8.68. The number of benzene rings is 1. The molecule has 0 amide bonds. The molecule has 1 aromatic carbocycles. The highest BCUT2D eigenvalue weighted by Crippen LogP contribution is 2.35. The molecule has 196 valence electrons. The summed E-state index contributed by atoms with van der Waals surface area (Å²) in [5.74, 6) is -0.282. The number of aromatic nitrogens is 5. The number of ether oxygens (including phenoxy) is 1. The fourth-order valence-corrected chi connectivity index (χ4v) is 4.51. The third kappa shape index (κ3) is 5.91. The lowest BCUT2D eigenvalue weighted by atomic mass is 10.0. The summed E-state index contributed by atoms with van der Waals surface area (Å²) in [6, 6.07) is 6.35. The minimum Gasteiger partial charge on any atom is -0.473 e. The summed E-state index contributed by atoms with van der Waals surface area (Å²) in [5, 5.41) is 15.8. The molecule has 1 N–H and O–H groups in total. The average Bonchev–Trinajstić information content (AvgIpc) is 3.52. The molecule has 0 bridgehead atoms. The predicted octanol–water partition coefficient (Wildman–Crippen LogP) is 2.96. The zero-order valence-electron chi connectivity index (χ0n) is 20.8. The van der Waals surface area contributed by atoms with Gasteiger partial charge in [0, 0.05) is 43.3 Å². The first-order valence-corrected chi connectivity index (χ1v) is 12.1. The number of likely N-dealkylation sites (N-methyl/N-ethyl adjacent to an activating group) is 1. The van der Waals surface area contributed by atoms with Crippen molar-refractivity contribution in [3.63, 3.8) is 0 Å². The maximum absolute atomic E-state index is 15.1. The van der Waals surface area contributed by atoms with E-state index in [0.717, 1.165) is 11.8 Å². The van der Waals surface area contributed by atoms with Crippen LogP contribution in [0.2, 0.25) is 0 Å². The van der Waals surface area contributed by atoms with E-state index >= 15 is 8.78 Å². The summed E-state index contributed by atoms with van der Waals surface area (Å²) in [6.07, 6.45) is 5.28. The number of nitrogens with zero attached hydrogens (tertiary/aromatic N) is 7. The summed E-state index contributed by atoms with van der Waals surface area (Å²) in [5.41, 5.74) is 1.22. The van der Waals surface area contributed by atoms with Crippen molar-refractivity contribution < 1.29 is 18.3 Å². The van der Waals surface area contributed by atoms with Crippen molar-refractivity contribution in [1.82, 2.24) is 30.5 Å². The molecule has 10 nitrogen and oxygen atoms in total. The molecule has 0 saturated carbocycles. The largest absolute Gasteiger partial charge is 0.473 e. The van der Waals surface area contributed by atoms with Gasteiger partial charge in [-0.15, -0.1) is 10.2 Å². The number of piperidine rings is 1. The average molecular weight is 513 g/mol. The molecule has 2 aliphatic rings. The predicted molar refractivity (Wildman–Crippen MR) is 135 cm³/mol. The van der Waals surface area contributed by atoms with Gasteiger partial charge in [-0.2, -0.15) is 4.80 Å². The zero-order valence-corrected chi connectivity index (χ0v) is 20.8. The van der Waals surface area contributed by atoms with Crippen molar-refractivity contribution >= 4 is 17.7 Å². The Morgan fingerprint density at radius 1 is 1.19 bits per heavy atom. The van der Waals surface area contributed by atoms with Gasteiger partial charge in [0.15, 0.2) is 17.5 Å². The maximum Gasteiger partial charge on any atom is 0.205 e. The summed E-state index contributed by atoms with van der Waals surface area (Å²) < 4.78 is 35.9. The highest BCUT2D eigenvalue weighted by Gasteiger charge is 2.31. The Morgan fingerprint density at radius 2 is 1.84 bits per heavy atom. The molecule has 5 rings (SSSR count). The molecule has 4 heterocycles. The van der Waals surface area contributed by atoms with E-state index in [1.54, 1.807) is 27.0 Å². The van der Waals surface area contributed by atoms with E-state index in [0.29, 0.717) is 56.4 Å². The van der Waals surface area contributed by atoms with Crippen LogP contribution in [0.1, 0.15) is 25.8 Å². The Labute approximate surface area is 213 Å². The molecule has 0 radical (unpaired) electrons. The molecule has 0 spiro atoms. The number of tetrazole rings is 1. The van der Waals surface area contributed by atoms with Crippen molar-refractivity contribution in [3.8, 4) is 11.4 Å². The van der Waals surface area contributed by atoms with Gasteiger partial charge in [0.1, 0.15) is 18.1 Å². The van der Waals surface area contributed by atoms with Gasteiger partial charge < -0.3 is 24.6 Å². The van der Waals surface area contributed by atoms with Gasteiger partial charge in [-0.3, -0.25) is 4.98 Å². The number of hydrogen-bond acceptors (Lipinski definition) is 9. The lowest BCUT2D eigenvalue weighted by Gasteiger charge is -2.33. The number of carbonyl (C=O) groups is 1. The minimum atomic E-state index is -0.600. The lowest BCUT2D eigenvalue weighted by molar-refractivity contribution is -0.106. The third-order valence-electron chi connectivity index (χ3n) is 6.21. The van der Waals surface area contributed by atoms with E-state index in [-0.39, 0.29) is 17.8 Å². The quantitative estimate of drug-likeness (QED) is 0.500. The Hall–Kier alpha value is -3.93. The first-order valence-electron chi connectivity index (χ1n) is 12.1. The molecule has 2 fully saturated rings. The normalized spacial score (nSPS) is 17.8. The van der Waals surface area contributed by atoms with Crippen LogP contribution in [-0.4, -0.2) is 70.8 Å². The fraction of sp³-hybridized carbons (Fsp3) is 0.400. The highest BCUT2D eigenvalue weighted by molar-refractivity contribution is 5.61. The molecule has 1 atom stereocenters. The summed E-state index contributed by atoms with van der Waals surface area (Å²) in [7, 11) is 1.82. The third-order valence-corrected chi connectivity index (χ3v) is 6.21. The molecular weight excluding hydrogens is 482 g/mol. The van der Waals surface area contributed by atoms with Crippen LogP contribution in [0.4, 0.5) is 20.2 Å². The van der Waals surface area contributed by atoms with Gasteiger partial charge in [0.05, 0.1) is 12.6 Å². The van der Waals surface area contributed by atoms with Crippen molar-refractivity contribution in [3.05, 3.63) is 60.8 Å². The highest BCUT2D eigenvalue weighted by atomic mass is 19.1. The van der Waals surface area contributed by atoms with Gasteiger partial charge in [-0.05, 0) is 62.9 Å². The van der Waals surface area contributed by atoms with Crippen molar-refractivity contribution in [2.45, 2.75) is 31.9 Å². The van der Waals surface area contributed by atoms with Crippen molar-refractivity contribution in [2.75, 3.05) is 43.0 Å². The van der Waals surface area contributed by atoms with Gasteiger partial charge in [0.25, 0.3) is 0 Å². The lowest BCUT2D eigenvalue weighted by Crippen LogP contribution is -2.36. The Balaban J connectivity index is 0.00000102. The number of nitrogens with one attached hydrogen (secondary N) is 1. The molecule has 0 aliphatic carbocycles. The van der Waals surface area contributed by atoms with E-state index in [1.165, 1.54) is 19.1 Å². The molecule has 2 aromatic heterocycles. The Kier molecular flexibility index (Phi) is 8.39. The van der Waals surface area contributed by atoms with Crippen LogP contribution in [0, 0.1) is 11.6 Å². The van der Waals surface area contributed by atoms with Crippen LogP contribution < -0.4 is 15.1 Å². The number of aldehydes is 1. The summed E-state index contributed by atoms with van der Waals surface area (Å²) in [6.45, 7) is 7.38. The smallest absolute Gasteiger partial charge is 0.205 e. The van der Waals surface area contributed by atoms with Gasteiger partial charge in [-0.25, -0.2) is 8.78 Å². The second kappa shape index (κ2) is 11.9. The monoisotopic (exact) mass is 512 g/mol. The van der Waals surface area contributed by atoms with Gasteiger partial charge >= 0.3 is 0 Å². The SMILES string of the molecule is C=C1OC(CNC)CN1c1cc(F)c(N2CCC(n3nnc(-c4ccncc4)n3)CC2)c(F)c1.CC=O. The van der Waals surface area contributed by atoms with Gasteiger partial charge in [-0.1, -0.05) is 0 Å². The summed E-state index contributed by atoms with van der Waals surface area (Å²) in [4.78, 5) is 17.8. The van der Waals surface area contributed by atoms with Crippen molar-refractivity contribution in [2.24, 2.45) is 0 Å². The minimum absolute atomic E-state index is 0.0104. The van der Waals surface area contributed by atoms with E-state index in [1.807, 2.05) is 19.2 Å². The number of halogens is 2. The van der Waals surface area contributed by atoms with E-state index in [2.05, 4.69) is 32.3 Å². The molecule has 2 aliphatic heterocycles. The summed E-state index contributed by atoms with van der Waals surface area (Å²) >= 11 is 0. The van der Waals surface area contributed by atoms with Crippen molar-refractivity contribution in [1.29, 1.82) is 0 Å². The van der Waals surface area contributed by atoms with Crippen LogP contribution in [-0.2, 0) is 9.53 Å². The molecule has 2 saturated heterocycles. The first-order chi connectivity index (χ1) is 17.9. The standard InChI is InChI=1S/C23H26F2N8O.C2H4O/c1-15-32(14-19(34-15)13-26-2)18-11-20(24)22(21(25)12-18)31-9-5-17(6-10-31)33-29-23(28-30-33)16-3-7-27-8-4-16;1-2-3/h3-4,7-8,11-12,17,19,26H,1,5-6,9-10,13-14H2,2H3;2H,1H3. The van der Waals surface area contributed by atoms with Gasteiger partial charge in [0.2, 0.25) is 5.82 Å². The van der Waals surface area contributed by atoms with Crippen LogP contribution in [0.15, 0.2) is 49.1 Å². The van der Waals surface area contributed by atoms with E-state index in [4.69, 9.17) is 9.53 Å². The fourth-order valence-electron chi connectivity index (χ4n) is 4.51. The number of hydrogen-bond donors (Lipinski definition) is 1. The van der Waals surface area contributed by atoms with Crippen LogP contribution in [0.3, 0.4) is 0 Å². The number of carbonyl (C=O) groups excluding carboxylic acids is 1. The molecule has 12 heteroatoms.